The third kappa shape index (κ3) is 0.739. The molecule has 52 valence electrons. The summed E-state index contributed by atoms with van der Waals surface area (Å²) < 4.78 is 0. The first-order chi connectivity index (χ1) is 4.92. The average molecular weight is 150 g/mol. The van der Waals surface area contributed by atoms with Crippen molar-refractivity contribution in [2.24, 2.45) is 0 Å². The second-order valence-electron chi connectivity index (χ2n) is 2.56. The Balaban J connectivity index is 2.53. The molecule has 0 atom stereocenters. The molecule has 0 bridgehead atoms. The van der Waals surface area contributed by atoms with E-state index in [1.807, 2.05) is 11.3 Å². The van der Waals surface area contributed by atoms with Crippen LogP contribution in [0.5, 0.6) is 0 Å². The summed E-state index contributed by atoms with van der Waals surface area (Å²) in [5.74, 6) is 0. The molecule has 1 aromatic heterocycles. The molecule has 1 aliphatic carbocycles. The van der Waals surface area contributed by atoms with E-state index in [0.717, 1.165) is 6.42 Å². The summed E-state index contributed by atoms with van der Waals surface area (Å²) in [5.41, 5.74) is 3.04. The maximum Gasteiger partial charge on any atom is 0.0118 e. The van der Waals surface area contributed by atoms with Gasteiger partial charge >= 0.3 is 0 Å². The molecule has 0 saturated heterocycles. The van der Waals surface area contributed by atoms with Gasteiger partial charge in [0.2, 0.25) is 0 Å². The third-order valence-corrected chi connectivity index (χ3v) is 3.13. The minimum Gasteiger partial charge on any atom is -0.148 e. The molecule has 0 aromatic carbocycles. The summed E-state index contributed by atoms with van der Waals surface area (Å²) in [5, 5.41) is 2.29. The van der Waals surface area contributed by atoms with Gasteiger partial charge in [-0.3, -0.25) is 0 Å². The first kappa shape index (κ1) is 6.17. The number of fused-ring (bicyclic) bond motifs is 1. The van der Waals surface area contributed by atoms with Crippen molar-refractivity contribution in [3.8, 4) is 0 Å². The van der Waals surface area contributed by atoms with Crippen LogP contribution < -0.4 is 0 Å². The van der Waals surface area contributed by atoms with Crippen molar-refractivity contribution in [1.82, 2.24) is 0 Å². The largest absolute Gasteiger partial charge is 0.148 e. The molecule has 1 heteroatoms. The molecule has 0 saturated carbocycles. The van der Waals surface area contributed by atoms with Gasteiger partial charge in [-0.15, -0.1) is 11.3 Å². The second kappa shape index (κ2) is 2.24. The van der Waals surface area contributed by atoms with E-state index in [1.165, 1.54) is 17.5 Å². The molecule has 0 N–H and O–H groups in total. The summed E-state index contributed by atoms with van der Waals surface area (Å²) in [6.45, 7) is 2.22. The molecule has 0 spiro atoms. The van der Waals surface area contributed by atoms with Gasteiger partial charge < -0.3 is 0 Å². The van der Waals surface area contributed by atoms with Crippen LogP contribution in [0, 0.1) is 0 Å². The highest BCUT2D eigenvalue weighted by Gasteiger charge is 2.09. The van der Waals surface area contributed by atoms with Gasteiger partial charge in [-0.25, -0.2) is 0 Å². The lowest BCUT2D eigenvalue weighted by atomic mass is 10.2. The predicted octanol–water partition coefficient (Wildman–Crippen LogP) is 2.88. The van der Waals surface area contributed by atoms with Crippen LogP contribution in [0.25, 0.3) is 6.08 Å². The lowest BCUT2D eigenvalue weighted by molar-refractivity contribution is 1.17. The Bertz CT molecular complexity index is 268. The fraction of sp³-hybridized carbons (Fsp3) is 0.333. The van der Waals surface area contributed by atoms with Crippen LogP contribution in [0.3, 0.4) is 0 Å². The molecule has 0 aliphatic heterocycles. The van der Waals surface area contributed by atoms with E-state index in [1.54, 1.807) is 4.88 Å². The van der Waals surface area contributed by atoms with E-state index >= 15 is 0 Å². The van der Waals surface area contributed by atoms with Gasteiger partial charge in [-0.05, 0) is 29.3 Å². The van der Waals surface area contributed by atoms with E-state index in [9.17, 15) is 0 Å². The predicted molar refractivity (Wildman–Crippen MR) is 46.4 cm³/mol. The van der Waals surface area contributed by atoms with Crippen molar-refractivity contribution >= 4 is 17.4 Å². The molecule has 0 fully saturated rings. The molecule has 0 unspecified atom stereocenters. The molecule has 1 heterocycles. The van der Waals surface area contributed by atoms with Crippen LogP contribution in [0.2, 0.25) is 0 Å². The van der Waals surface area contributed by atoms with Crippen LogP contribution in [0.1, 0.15) is 22.9 Å². The smallest absolute Gasteiger partial charge is 0.0118 e. The zero-order valence-corrected chi connectivity index (χ0v) is 6.87. The number of thiophene rings is 1. The monoisotopic (exact) mass is 150 g/mol. The fourth-order valence-electron chi connectivity index (χ4n) is 1.38. The molecular formula is C9H10S. The summed E-state index contributed by atoms with van der Waals surface area (Å²) in [6, 6.07) is 0. The maximum atomic E-state index is 2.29. The van der Waals surface area contributed by atoms with Crippen LogP contribution in [-0.4, -0.2) is 0 Å². The molecule has 0 nitrogen and oxygen atoms in total. The van der Waals surface area contributed by atoms with Gasteiger partial charge in [-0.1, -0.05) is 19.1 Å². The molecule has 2 rings (SSSR count). The summed E-state index contributed by atoms with van der Waals surface area (Å²) in [4.78, 5) is 1.55. The van der Waals surface area contributed by atoms with E-state index in [2.05, 4.69) is 24.5 Å². The molecule has 0 radical (unpaired) electrons. The number of hydrogen-bond acceptors (Lipinski definition) is 1. The Kier molecular flexibility index (Phi) is 1.38. The minimum atomic E-state index is 1.16. The first-order valence-corrected chi connectivity index (χ1v) is 4.55. The van der Waals surface area contributed by atoms with E-state index in [4.69, 9.17) is 0 Å². The number of aryl methyl sites for hydroxylation is 1. The molecular weight excluding hydrogens is 140 g/mol. The zero-order chi connectivity index (χ0) is 6.97. The van der Waals surface area contributed by atoms with Gasteiger partial charge in [0.1, 0.15) is 0 Å². The Morgan fingerprint density at radius 1 is 1.60 bits per heavy atom. The minimum absolute atomic E-state index is 1.16. The lowest BCUT2D eigenvalue weighted by Crippen LogP contribution is -1.77. The quantitative estimate of drug-likeness (QED) is 0.577. The molecule has 1 aromatic rings. The summed E-state index contributed by atoms with van der Waals surface area (Å²) in [6.07, 6.45) is 6.84. The van der Waals surface area contributed by atoms with Crippen LogP contribution in [0.15, 0.2) is 11.5 Å². The molecule has 0 amide bonds. The normalized spacial score (nSPS) is 14.1. The summed E-state index contributed by atoms with van der Waals surface area (Å²) in [7, 11) is 0. The Morgan fingerprint density at radius 2 is 2.50 bits per heavy atom. The van der Waals surface area contributed by atoms with Gasteiger partial charge in [0.25, 0.3) is 0 Å². The first-order valence-electron chi connectivity index (χ1n) is 3.67. The van der Waals surface area contributed by atoms with E-state index in [0.29, 0.717) is 0 Å². The second-order valence-corrected chi connectivity index (χ2v) is 3.52. The van der Waals surface area contributed by atoms with Crippen LogP contribution in [-0.2, 0) is 12.8 Å². The van der Waals surface area contributed by atoms with Crippen molar-refractivity contribution in [3.63, 3.8) is 0 Å². The van der Waals surface area contributed by atoms with Gasteiger partial charge in [0.15, 0.2) is 0 Å². The lowest BCUT2D eigenvalue weighted by Gasteiger charge is -1.90. The maximum absolute atomic E-state index is 2.29. The zero-order valence-electron chi connectivity index (χ0n) is 6.05. The van der Waals surface area contributed by atoms with Crippen molar-refractivity contribution in [2.45, 2.75) is 19.8 Å². The SMILES string of the molecule is CCc1scc2c1C=CC2. The Morgan fingerprint density at radius 3 is 3.30 bits per heavy atom. The van der Waals surface area contributed by atoms with Crippen molar-refractivity contribution in [3.05, 3.63) is 27.5 Å². The van der Waals surface area contributed by atoms with Gasteiger partial charge in [-0.2, -0.15) is 0 Å². The van der Waals surface area contributed by atoms with Gasteiger partial charge in [0, 0.05) is 4.88 Å². The Labute approximate surface area is 65.2 Å². The number of hydrogen-bond donors (Lipinski definition) is 0. The summed E-state index contributed by atoms with van der Waals surface area (Å²) >= 11 is 1.90. The topological polar surface area (TPSA) is 0 Å². The van der Waals surface area contributed by atoms with Crippen LogP contribution >= 0.6 is 11.3 Å². The highest BCUT2D eigenvalue weighted by molar-refractivity contribution is 7.10. The Hall–Kier alpha value is -0.560. The van der Waals surface area contributed by atoms with E-state index in [-0.39, 0.29) is 0 Å². The molecule has 1 aliphatic rings. The average Bonchev–Trinajstić information content (AvgIpc) is 2.44. The molecule has 10 heavy (non-hydrogen) atoms. The van der Waals surface area contributed by atoms with E-state index < -0.39 is 0 Å². The third-order valence-electron chi connectivity index (χ3n) is 1.93. The van der Waals surface area contributed by atoms with Crippen molar-refractivity contribution in [2.75, 3.05) is 0 Å². The highest BCUT2D eigenvalue weighted by Crippen LogP contribution is 2.29. The fourth-order valence-corrected chi connectivity index (χ4v) is 2.38. The number of allylic oxidation sites excluding steroid dienone is 1. The van der Waals surface area contributed by atoms with Crippen molar-refractivity contribution < 1.29 is 0 Å². The standard InChI is InChI=1S/C9H10S/c1-2-9-8-5-3-4-7(8)6-10-9/h3,5-6H,2,4H2,1H3. The van der Waals surface area contributed by atoms with Crippen molar-refractivity contribution in [1.29, 1.82) is 0 Å². The highest BCUT2D eigenvalue weighted by atomic mass is 32.1. The number of rotatable bonds is 1. The van der Waals surface area contributed by atoms with Gasteiger partial charge in [0.05, 0.1) is 0 Å². The van der Waals surface area contributed by atoms with Crippen LogP contribution in [0.4, 0.5) is 0 Å².